The van der Waals surface area contributed by atoms with Crippen LogP contribution in [0.4, 0.5) is 5.69 Å². The molecule has 0 unspecified atom stereocenters. The van der Waals surface area contributed by atoms with Crippen LogP contribution < -0.4 is 10.5 Å². The second-order valence-electron chi connectivity index (χ2n) is 4.18. The molecule has 2 aromatic heterocycles. The molecule has 2 N–H and O–H groups in total. The van der Waals surface area contributed by atoms with Crippen LogP contribution >= 0.6 is 0 Å². The van der Waals surface area contributed by atoms with Crippen molar-refractivity contribution in [3.63, 3.8) is 0 Å². The van der Waals surface area contributed by atoms with Crippen molar-refractivity contribution in [1.82, 2.24) is 9.55 Å². The molecule has 0 atom stereocenters. The molecule has 0 amide bonds. The zero-order chi connectivity index (χ0) is 12.5. The summed E-state index contributed by atoms with van der Waals surface area (Å²) >= 11 is 0. The third-order valence-corrected chi connectivity index (χ3v) is 2.84. The molecule has 90 valence electrons. The van der Waals surface area contributed by atoms with Gasteiger partial charge in [-0.3, -0.25) is 0 Å². The molecule has 0 aliphatic carbocycles. The van der Waals surface area contributed by atoms with Gasteiger partial charge in [0, 0.05) is 30.2 Å². The Morgan fingerprint density at radius 2 is 2.06 bits per heavy atom. The lowest BCUT2D eigenvalue weighted by molar-refractivity contribution is 0.464. The highest BCUT2D eigenvalue weighted by atomic mass is 16.5. The van der Waals surface area contributed by atoms with Gasteiger partial charge in [0.05, 0.1) is 11.9 Å². The molecule has 18 heavy (non-hydrogen) atoms. The van der Waals surface area contributed by atoms with Crippen molar-refractivity contribution in [3.8, 4) is 11.6 Å². The standard InChI is InChI=1S/C14H13N3O/c1-17-7-6-10-8-12(3-4-13(10)17)18-14-5-2-11(15)9-16-14/h2-9H,15H2,1H3. The Balaban J connectivity index is 1.92. The highest BCUT2D eigenvalue weighted by Crippen LogP contribution is 2.25. The van der Waals surface area contributed by atoms with E-state index in [0.717, 1.165) is 11.1 Å². The van der Waals surface area contributed by atoms with Crippen LogP contribution in [-0.4, -0.2) is 9.55 Å². The summed E-state index contributed by atoms with van der Waals surface area (Å²) in [7, 11) is 2.02. The van der Waals surface area contributed by atoms with Crippen LogP contribution in [0.15, 0.2) is 48.8 Å². The lowest BCUT2D eigenvalue weighted by Gasteiger charge is -2.05. The van der Waals surface area contributed by atoms with Gasteiger partial charge < -0.3 is 15.0 Å². The van der Waals surface area contributed by atoms with Crippen LogP contribution in [0, 0.1) is 0 Å². The molecule has 0 fully saturated rings. The molecule has 2 heterocycles. The Morgan fingerprint density at radius 1 is 1.17 bits per heavy atom. The summed E-state index contributed by atoms with van der Waals surface area (Å²) in [6, 6.07) is 11.5. The van der Waals surface area contributed by atoms with Crippen molar-refractivity contribution in [2.75, 3.05) is 5.73 Å². The van der Waals surface area contributed by atoms with Gasteiger partial charge in [-0.25, -0.2) is 4.98 Å². The molecule has 0 aliphatic rings. The average molecular weight is 239 g/mol. The first-order valence-corrected chi connectivity index (χ1v) is 5.67. The van der Waals surface area contributed by atoms with Crippen LogP contribution in [0.1, 0.15) is 0 Å². The van der Waals surface area contributed by atoms with Crippen LogP contribution in [0.2, 0.25) is 0 Å². The van der Waals surface area contributed by atoms with Gasteiger partial charge in [-0.05, 0) is 30.3 Å². The van der Waals surface area contributed by atoms with E-state index in [0.29, 0.717) is 11.6 Å². The largest absolute Gasteiger partial charge is 0.439 e. The van der Waals surface area contributed by atoms with E-state index in [9.17, 15) is 0 Å². The summed E-state index contributed by atoms with van der Waals surface area (Å²) in [6.45, 7) is 0. The molecule has 0 bridgehead atoms. The van der Waals surface area contributed by atoms with Crippen molar-refractivity contribution in [2.24, 2.45) is 7.05 Å². The predicted octanol–water partition coefficient (Wildman–Crippen LogP) is 2.95. The Bertz CT molecular complexity index is 686. The van der Waals surface area contributed by atoms with E-state index in [2.05, 4.69) is 15.6 Å². The number of benzene rings is 1. The fraction of sp³-hybridized carbons (Fsp3) is 0.0714. The summed E-state index contributed by atoms with van der Waals surface area (Å²) < 4.78 is 7.74. The van der Waals surface area contributed by atoms with Crippen molar-refractivity contribution in [2.45, 2.75) is 0 Å². The number of hydrogen-bond donors (Lipinski definition) is 1. The van der Waals surface area contributed by atoms with E-state index in [-0.39, 0.29) is 0 Å². The Hall–Kier alpha value is -2.49. The molecule has 0 aliphatic heterocycles. The number of fused-ring (bicyclic) bond motifs is 1. The molecule has 4 nitrogen and oxygen atoms in total. The fourth-order valence-corrected chi connectivity index (χ4v) is 1.90. The lowest BCUT2D eigenvalue weighted by Crippen LogP contribution is -1.90. The minimum atomic E-state index is 0.541. The molecule has 0 saturated carbocycles. The first-order chi connectivity index (χ1) is 8.72. The van der Waals surface area contributed by atoms with Crippen LogP contribution in [0.25, 0.3) is 10.9 Å². The number of rotatable bonds is 2. The van der Waals surface area contributed by atoms with Gasteiger partial charge in [0.25, 0.3) is 0 Å². The van der Waals surface area contributed by atoms with Crippen molar-refractivity contribution in [3.05, 3.63) is 48.8 Å². The quantitative estimate of drug-likeness (QED) is 0.748. The summed E-state index contributed by atoms with van der Waals surface area (Å²) in [4.78, 5) is 4.11. The monoisotopic (exact) mass is 239 g/mol. The average Bonchev–Trinajstić information content (AvgIpc) is 2.74. The number of aromatic nitrogens is 2. The second kappa shape index (κ2) is 4.07. The normalized spacial score (nSPS) is 10.7. The van der Waals surface area contributed by atoms with E-state index in [1.54, 1.807) is 18.3 Å². The highest BCUT2D eigenvalue weighted by Gasteiger charge is 2.02. The van der Waals surface area contributed by atoms with Gasteiger partial charge >= 0.3 is 0 Å². The smallest absolute Gasteiger partial charge is 0.219 e. The van der Waals surface area contributed by atoms with Gasteiger partial charge in [-0.1, -0.05) is 0 Å². The molecule has 4 heteroatoms. The number of nitrogen functional groups attached to an aromatic ring is 1. The molecule has 3 rings (SSSR count). The summed E-state index contributed by atoms with van der Waals surface area (Å²) in [5.41, 5.74) is 7.38. The Kier molecular flexibility index (Phi) is 2.41. The number of hydrogen-bond acceptors (Lipinski definition) is 3. The minimum Gasteiger partial charge on any atom is -0.439 e. The van der Waals surface area contributed by atoms with Gasteiger partial charge in [-0.15, -0.1) is 0 Å². The molecule has 0 saturated heterocycles. The number of anilines is 1. The van der Waals surface area contributed by atoms with Gasteiger partial charge in [0.15, 0.2) is 0 Å². The number of pyridine rings is 1. The van der Waals surface area contributed by atoms with Gasteiger partial charge in [0.1, 0.15) is 5.75 Å². The van der Waals surface area contributed by atoms with E-state index in [1.165, 1.54) is 5.52 Å². The number of nitrogens with two attached hydrogens (primary N) is 1. The molecular formula is C14H13N3O. The fourth-order valence-electron chi connectivity index (χ4n) is 1.90. The van der Waals surface area contributed by atoms with Gasteiger partial charge in [-0.2, -0.15) is 0 Å². The summed E-state index contributed by atoms with van der Waals surface area (Å²) in [6.07, 6.45) is 3.60. The van der Waals surface area contributed by atoms with E-state index in [4.69, 9.17) is 10.5 Å². The molecule has 1 aromatic carbocycles. The third kappa shape index (κ3) is 1.88. The maximum absolute atomic E-state index is 5.67. The summed E-state index contributed by atoms with van der Waals surface area (Å²) in [5, 5.41) is 1.14. The molecular weight excluding hydrogens is 226 g/mol. The predicted molar refractivity (Wildman–Crippen MR) is 71.6 cm³/mol. The van der Waals surface area contributed by atoms with Crippen LogP contribution in [0.3, 0.4) is 0 Å². The first kappa shape index (κ1) is 10.7. The van der Waals surface area contributed by atoms with Crippen molar-refractivity contribution < 1.29 is 4.74 Å². The van der Waals surface area contributed by atoms with E-state index in [1.807, 2.05) is 31.4 Å². The minimum absolute atomic E-state index is 0.541. The number of nitrogens with zero attached hydrogens (tertiary/aromatic N) is 2. The maximum atomic E-state index is 5.67. The van der Waals surface area contributed by atoms with E-state index < -0.39 is 0 Å². The van der Waals surface area contributed by atoms with Crippen LogP contribution in [0.5, 0.6) is 11.6 Å². The maximum Gasteiger partial charge on any atom is 0.219 e. The SMILES string of the molecule is Cn1ccc2cc(Oc3ccc(N)cn3)ccc21. The van der Waals surface area contributed by atoms with Gasteiger partial charge in [0.2, 0.25) is 5.88 Å². The lowest BCUT2D eigenvalue weighted by atomic mass is 10.2. The van der Waals surface area contributed by atoms with E-state index >= 15 is 0 Å². The number of ether oxygens (including phenoxy) is 1. The van der Waals surface area contributed by atoms with Crippen LogP contribution in [-0.2, 0) is 7.05 Å². The number of aryl methyl sites for hydroxylation is 1. The van der Waals surface area contributed by atoms with Crippen molar-refractivity contribution in [1.29, 1.82) is 0 Å². The Morgan fingerprint density at radius 3 is 2.83 bits per heavy atom. The Labute approximate surface area is 105 Å². The summed E-state index contributed by atoms with van der Waals surface area (Å²) in [5.74, 6) is 1.31. The zero-order valence-electron chi connectivity index (χ0n) is 10.00. The molecule has 0 radical (unpaired) electrons. The molecule has 0 spiro atoms. The first-order valence-electron chi connectivity index (χ1n) is 5.67. The topological polar surface area (TPSA) is 53.1 Å². The third-order valence-electron chi connectivity index (χ3n) is 2.84. The van der Waals surface area contributed by atoms with Crippen molar-refractivity contribution >= 4 is 16.6 Å². The second-order valence-corrected chi connectivity index (χ2v) is 4.18. The highest BCUT2D eigenvalue weighted by molar-refractivity contribution is 5.81. The molecule has 3 aromatic rings. The zero-order valence-corrected chi connectivity index (χ0v) is 10.00.